The highest BCUT2D eigenvalue weighted by molar-refractivity contribution is 5.77. The molecule has 0 unspecified atom stereocenters. The second-order valence-electron chi connectivity index (χ2n) is 4.57. The fourth-order valence-electron chi connectivity index (χ4n) is 2.02. The number of allylic oxidation sites excluding steroid dienone is 2. The highest BCUT2D eigenvalue weighted by atomic mass is 16.4. The van der Waals surface area contributed by atoms with E-state index in [1.807, 2.05) is 70.2 Å². The van der Waals surface area contributed by atoms with E-state index in [2.05, 4.69) is 10.3 Å². The molecule has 2 heterocycles. The minimum atomic E-state index is 0.681. The van der Waals surface area contributed by atoms with Crippen molar-refractivity contribution in [1.82, 2.24) is 0 Å². The van der Waals surface area contributed by atoms with Crippen molar-refractivity contribution >= 4 is 12.4 Å². The first-order valence-corrected chi connectivity index (χ1v) is 6.81. The van der Waals surface area contributed by atoms with Gasteiger partial charge in [-0.2, -0.15) is 4.57 Å². The highest BCUT2D eigenvalue weighted by Crippen LogP contribution is 1.91. The lowest BCUT2D eigenvalue weighted by Gasteiger charge is -1.96. The summed E-state index contributed by atoms with van der Waals surface area (Å²) >= 11 is 0. The Kier molecular flexibility index (Phi) is 5.80. The third kappa shape index (κ3) is 4.52. The largest absolute Gasteiger partial charge is 0.411 e. The van der Waals surface area contributed by atoms with E-state index in [-0.39, 0.29) is 0 Å². The molecule has 0 bridgehead atoms. The summed E-state index contributed by atoms with van der Waals surface area (Å²) in [5.41, 5.74) is 1.65. The molecule has 0 aromatic carbocycles. The maximum atomic E-state index is 8.64. The predicted octanol–water partition coefficient (Wildman–Crippen LogP) is 1.13. The third-order valence-electron chi connectivity index (χ3n) is 3.04. The highest BCUT2D eigenvalue weighted by Gasteiger charge is 2.05. The normalized spacial score (nSPS) is 11.8. The van der Waals surface area contributed by atoms with Gasteiger partial charge in [0.05, 0.1) is 11.8 Å². The molecule has 2 N–H and O–H groups in total. The average Bonchev–Trinajstić information content (AvgIpc) is 2.54. The van der Waals surface area contributed by atoms with Crippen LogP contribution in [0.3, 0.4) is 0 Å². The van der Waals surface area contributed by atoms with E-state index in [1.54, 1.807) is 0 Å². The van der Waals surface area contributed by atoms with Gasteiger partial charge in [0.1, 0.15) is 6.21 Å². The average molecular weight is 298 g/mol. The first-order chi connectivity index (χ1) is 10.8. The summed E-state index contributed by atoms with van der Waals surface area (Å²) in [6.07, 6.45) is 12.6. The molecule has 2 aromatic heterocycles. The van der Waals surface area contributed by atoms with E-state index in [4.69, 9.17) is 10.4 Å². The van der Waals surface area contributed by atoms with Crippen LogP contribution in [0.1, 0.15) is 11.3 Å². The number of pyridine rings is 2. The van der Waals surface area contributed by atoms with Crippen LogP contribution < -0.4 is 9.13 Å². The maximum absolute atomic E-state index is 8.64. The van der Waals surface area contributed by atoms with E-state index in [9.17, 15) is 0 Å². The van der Waals surface area contributed by atoms with E-state index >= 15 is 0 Å². The van der Waals surface area contributed by atoms with Gasteiger partial charge < -0.3 is 10.4 Å². The summed E-state index contributed by atoms with van der Waals surface area (Å²) < 4.78 is 3.95. The summed E-state index contributed by atoms with van der Waals surface area (Å²) in [5, 5.41) is 23.3. The van der Waals surface area contributed by atoms with Gasteiger partial charge in [0.25, 0.3) is 0 Å². The lowest BCUT2D eigenvalue weighted by atomic mass is 10.3. The molecule has 0 amide bonds. The van der Waals surface area contributed by atoms with Gasteiger partial charge in [-0.15, -0.1) is 0 Å². The van der Waals surface area contributed by atoms with Gasteiger partial charge in [-0.05, 0) is 24.3 Å². The zero-order valence-electron chi connectivity index (χ0n) is 12.0. The zero-order chi connectivity index (χ0) is 15.6. The Morgan fingerprint density at radius 2 is 1.73 bits per heavy atom. The first kappa shape index (κ1) is 15.4. The summed E-state index contributed by atoms with van der Waals surface area (Å²) in [5.74, 6) is 0. The minimum Gasteiger partial charge on any atom is -0.411 e. The van der Waals surface area contributed by atoms with Crippen molar-refractivity contribution in [3.63, 3.8) is 0 Å². The van der Waals surface area contributed by atoms with Gasteiger partial charge >= 0.3 is 0 Å². The van der Waals surface area contributed by atoms with Crippen LogP contribution in [-0.2, 0) is 13.1 Å². The molecule has 22 heavy (non-hydrogen) atoms. The van der Waals surface area contributed by atoms with Crippen molar-refractivity contribution in [2.45, 2.75) is 13.1 Å². The Morgan fingerprint density at radius 3 is 2.55 bits per heavy atom. The lowest BCUT2D eigenvalue weighted by Crippen LogP contribution is -2.37. The van der Waals surface area contributed by atoms with Crippen molar-refractivity contribution in [2.75, 3.05) is 0 Å². The third-order valence-corrected chi connectivity index (χ3v) is 3.04. The quantitative estimate of drug-likeness (QED) is 0.276. The molecular formula is C16H18N4O2+2. The molecule has 0 saturated heterocycles. The van der Waals surface area contributed by atoms with E-state index in [1.165, 1.54) is 12.4 Å². The van der Waals surface area contributed by atoms with Crippen molar-refractivity contribution in [3.8, 4) is 0 Å². The SMILES string of the molecule is ON=Cc1cccc[n+]1C/C=C\C[n+]1cccc(/C=N\O)c1. The molecule has 0 atom stereocenters. The molecule has 0 radical (unpaired) electrons. The van der Waals surface area contributed by atoms with Crippen LogP contribution in [0.25, 0.3) is 0 Å². The Bertz CT molecular complexity index is 696. The maximum Gasteiger partial charge on any atom is 0.227 e. The molecule has 0 aliphatic rings. The molecular weight excluding hydrogens is 280 g/mol. The van der Waals surface area contributed by atoms with Crippen LogP contribution in [0.4, 0.5) is 0 Å². The minimum absolute atomic E-state index is 0.681. The fraction of sp³-hybridized carbons (Fsp3) is 0.125. The predicted molar refractivity (Wildman–Crippen MR) is 81.2 cm³/mol. The monoisotopic (exact) mass is 298 g/mol. The van der Waals surface area contributed by atoms with Gasteiger partial charge in [0.15, 0.2) is 31.7 Å². The van der Waals surface area contributed by atoms with Gasteiger partial charge in [-0.1, -0.05) is 10.3 Å². The molecule has 0 saturated carbocycles. The van der Waals surface area contributed by atoms with Crippen LogP contribution in [0, 0.1) is 0 Å². The Morgan fingerprint density at radius 1 is 0.909 bits per heavy atom. The molecule has 2 aromatic rings. The van der Waals surface area contributed by atoms with Gasteiger partial charge in [0.2, 0.25) is 5.69 Å². The summed E-state index contributed by atoms with van der Waals surface area (Å²) in [6.45, 7) is 1.39. The Balaban J connectivity index is 1.98. The van der Waals surface area contributed by atoms with Crippen LogP contribution in [0.5, 0.6) is 0 Å². The van der Waals surface area contributed by atoms with E-state index in [0.717, 1.165) is 11.3 Å². The van der Waals surface area contributed by atoms with Gasteiger partial charge in [-0.25, -0.2) is 4.57 Å². The molecule has 0 fully saturated rings. The van der Waals surface area contributed by atoms with Crippen molar-refractivity contribution < 1.29 is 19.5 Å². The van der Waals surface area contributed by atoms with Gasteiger partial charge in [-0.3, -0.25) is 0 Å². The van der Waals surface area contributed by atoms with Crippen molar-refractivity contribution in [1.29, 1.82) is 0 Å². The lowest BCUT2D eigenvalue weighted by molar-refractivity contribution is -0.691. The summed E-state index contributed by atoms with van der Waals surface area (Å²) in [6, 6.07) is 9.45. The number of nitrogens with zero attached hydrogens (tertiary/aromatic N) is 4. The first-order valence-electron chi connectivity index (χ1n) is 6.81. The smallest absolute Gasteiger partial charge is 0.227 e. The number of rotatable bonds is 6. The topological polar surface area (TPSA) is 72.9 Å². The van der Waals surface area contributed by atoms with Crippen molar-refractivity contribution in [2.24, 2.45) is 10.3 Å². The fourth-order valence-corrected chi connectivity index (χ4v) is 2.02. The summed E-state index contributed by atoms with van der Waals surface area (Å²) in [7, 11) is 0. The molecule has 0 aliphatic heterocycles. The van der Waals surface area contributed by atoms with Gasteiger partial charge in [0, 0.05) is 18.2 Å². The Hall–Kier alpha value is -3.02. The second kappa shape index (κ2) is 8.31. The van der Waals surface area contributed by atoms with Crippen LogP contribution in [0.15, 0.2) is 71.4 Å². The molecule has 6 nitrogen and oxygen atoms in total. The zero-order valence-corrected chi connectivity index (χ0v) is 12.0. The van der Waals surface area contributed by atoms with Crippen LogP contribution >= 0.6 is 0 Å². The standard InChI is InChI=1S/C16H16N4O2/c21-17-12-15-6-5-9-19(14-15)8-3-4-11-20-10-2-1-7-16(20)13-18-22/h1-7,9-10,12-14H,8,11H2/p+2/b4-3-,17-12-. The molecule has 0 spiro atoms. The van der Waals surface area contributed by atoms with Crippen LogP contribution in [0.2, 0.25) is 0 Å². The Labute approximate surface area is 128 Å². The number of hydrogen-bond acceptors (Lipinski definition) is 4. The number of oxime groups is 2. The molecule has 2 rings (SSSR count). The van der Waals surface area contributed by atoms with Crippen LogP contribution in [-0.4, -0.2) is 22.8 Å². The van der Waals surface area contributed by atoms with E-state index < -0.39 is 0 Å². The molecule has 6 heteroatoms. The molecule has 112 valence electrons. The molecule has 0 aliphatic carbocycles. The second-order valence-corrected chi connectivity index (χ2v) is 4.57. The van der Waals surface area contributed by atoms with E-state index in [0.29, 0.717) is 13.1 Å². The number of aromatic nitrogens is 2. The van der Waals surface area contributed by atoms with Crippen molar-refractivity contribution in [3.05, 3.63) is 72.3 Å². The summed E-state index contributed by atoms with van der Waals surface area (Å²) in [4.78, 5) is 0. The number of hydrogen-bond donors (Lipinski definition) is 2.